The van der Waals surface area contributed by atoms with Gasteiger partial charge in [0.25, 0.3) is 0 Å². The van der Waals surface area contributed by atoms with Crippen LogP contribution in [-0.2, 0) is 10.0 Å². The topological polar surface area (TPSA) is 37.4 Å². The van der Waals surface area contributed by atoms with Gasteiger partial charge in [0.05, 0.1) is 4.90 Å². The Balaban J connectivity index is 2.36. The first-order valence-corrected chi connectivity index (χ1v) is 8.51. The highest BCUT2D eigenvalue weighted by Gasteiger charge is 2.27. The summed E-state index contributed by atoms with van der Waals surface area (Å²) in [5.74, 6) is 0. The Kier molecular flexibility index (Phi) is 4.94. The first-order valence-electron chi connectivity index (χ1n) is 6.32. The molecule has 0 aromatic heterocycles. The predicted molar refractivity (Wildman–Crippen MR) is 86.3 cm³/mol. The first kappa shape index (κ1) is 16.3. The van der Waals surface area contributed by atoms with E-state index >= 15 is 0 Å². The summed E-state index contributed by atoms with van der Waals surface area (Å²) >= 11 is 11.9. The van der Waals surface area contributed by atoms with Crippen LogP contribution in [0.3, 0.4) is 0 Å². The highest BCUT2D eigenvalue weighted by Crippen LogP contribution is 2.30. The molecule has 0 radical (unpaired) electrons. The molecule has 0 N–H and O–H groups in total. The molecule has 2 rings (SSSR count). The van der Waals surface area contributed by atoms with Crippen LogP contribution in [0, 0.1) is 0 Å². The molecule has 2 aromatic carbocycles. The lowest BCUT2D eigenvalue weighted by Crippen LogP contribution is -2.30. The van der Waals surface area contributed by atoms with Crippen LogP contribution < -0.4 is 0 Å². The number of halogens is 2. The molecule has 6 heteroatoms. The molecule has 1 atom stereocenters. The van der Waals surface area contributed by atoms with E-state index in [1.54, 1.807) is 25.1 Å². The minimum absolute atomic E-state index is 0.202. The van der Waals surface area contributed by atoms with Gasteiger partial charge in [-0.15, -0.1) is 0 Å². The highest BCUT2D eigenvalue weighted by atomic mass is 35.5. The van der Waals surface area contributed by atoms with Gasteiger partial charge in [0.15, 0.2) is 0 Å². The van der Waals surface area contributed by atoms with Crippen molar-refractivity contribution in [3.63, 3.8) is 0 Å². The highest BCUT2D eigenvalue weighted by molar-refractivity contribution is 7.89. The van der Waals surface area contributed by atoms with Crippen molar-refractivity contribution in [3.8, 4) is 0 Å². The van der Waals surface area contributed by atoms with Crippen molar-refractivity contribution in [3.05, 3.63) is 64.1 Å². The number of hydrogen-bond donors (Lipinski definition) is 0. The smallest absolute Gasteiger partial charge is 0.207 e. The lowest BCUT2D eigenvalue weighted by molar-refractivity contribution is 0.398. The maximum Gasteiger partial charge on any atom is 0.243 e. The molecule has 21 heavy (non-hydrogen) atoms. The molecule has 0 amide bonds. The van der Waals surface area contributed by atoms with E-state index in [4.69, 9.17) is 23.2 Å². The summed E-state index contributed by atoms with van der Waals surface area (Å²) in [6, 6.07) is 12.9. The summed E-state index contributed by atoms with van der Waals surface area (Å²) in [6.07, 6.45) is 0. The van der Waals surface area contributed by atoms with Gasteiger partial charge in [-0.2, -0.15) is 4.31 Å². The fraction of sp³-hybridized carbons (Fsp3) is 0.200. The standard InChI is InChI=1S/C15H15Cl2NO2S/c1-11(14-5-3-4-6-15(14)17)18(2)21(19,20)13-9-7-12(16)8-10-13/h3-11H,1-2H3. The lowest BCUT2D eigenvalue weighted by atomic mass is 10.1. The maximum atomic E-state index is 12.6. The lowest BCUT2D eigenvalue weighted by Gasteiger charge is -2.25. The molecule has 0 aliphatic rings. The van der Waals surface area contributed by atoms with E-state index in [1.165, 1.54) is 23.5 Å². The Morgan fingerprint density at radius 2 is 1.57 bits per heavy atom. The van der Waals surface area contributed by atoms with E-state index in [9.17, 15) is 8.42 Å². The molecule has 0 spiro atoms. The molecule has 2 aromatic rings. The number of rotatable bonds is 4. The van der Waals surface area contributed by atoms with Crippen LogP contribution in [0.15, 0.2) is 53.4 Å². The van der Waals surface area contributed by atoms with Gasteiger partial charge in [0.1, 0.15) is 0 Å². The van der Waals surface area contributed by atoms with E-state index in [-0.39, 0.29) is 10.9 Å². The van der Waals surface area contributed by atoms with Gasteiger partial charge < -0.3 is 0 Å². The Bertz CT molecular complexity index is 730. The number of nitrogens with zero attached hydrogens (tertiary/aromatic N) is 1. The van der Waals surface area contributed by atoms with Crippen LogP contribution in [0.4, 0.5) is 0 Å². The molecular formula is C15H15Cl2NO2S. The van der Waals surface area contributed by atoms with Gasteiger partial charge in [-0.25, -0.2) is 8.42 Å². The Hall–Kier alpha value is -1.07. The van der Waals surface area contributed by atoms with Crippen LogP contribution in [0.2, 0.25) is 10.0 Å². The van der Waals surface area contributed by atoms with Crippen molar-refractivity contribution < 1.29 is 8.42 Å². The second-order valence-corrected chi connectivity index (χ2v) is 7.51. The van der Waals surface area contributed by atoms with Crippen molar-refractivity contribution in [1.29, 1.82) is 0 Å². The van der Waals surface area contributed by atoms with E-state index in [0.29, 0.717) is 10.0 Å². The third-order valence-electron chi connectivity index (χ3n) is 3.39. The second-order valence-electron chi connectivity index (χ2n) is 4.67. The maximum absolute atomic E-state index is 12.6. The van der Waals surface area contributed by atoms with Crippen LogP contribution in [0.1, 0.15) is 18.5 Å². The van der Waals surface area contributed by atoms with Crippen molar-refractivity contribution >= 4 is 33.2 Å². The summed E-state index contributed by atoms with van der Waals surface area (Å²) in [5, 5.41) is 1.04. The average Bonchev–Trinajstić information content (AvgIpc) is 2.46. The van der Waals surface area contributed by atoms with Crippen molar-refractivity contribution in [1.82, 2.24) is 4.31 Å². The summed E-state index contributed by atoms with van der Waals surface area (Å²) in [6.45, 7) is 1.80. The van der Waals surface area contributed by atoms with E-state index in [1.807, 2.05) is 18.2 Å². The third-order valence-corrected chi connectivity index (χ3v) is 5.93. The summed E-state index contributed by atoms with van der Waals surface area (Å²) in [5.41, 5.74) is 0.763. The Labute approximate surface area is 135 Å². The zero-order valence-electron chi connectivity index (χ0n) is 11.6. The molecule has 112 valence electrons. The molecule has 0 heterocycles. The third kappa shape index (κ3) is 3.40. The molecule has 0 aliphatic heterocycles. The summed E-state index contributed by atoms with van der Waals surface area (Å²) in [4.78, 5) is 0.202. The van der Waals surface area contributed by atoms with Crippen LogP contribution >= 0.6 is 23.2 Å². The zero-order valence-corrected chi connectivity index (χ0v) is 14.0. The Morgan fingerprint density at radius 3 is 2.14 bits per heavy atom. The molecule has 0 fully saturated rings. The second kappa shape index (κ2) is 6.36. The minimum atomic E-state index is -3.60. The molecule has 0 bridgehead atoms. The zero-order chi connectivity index (χ0) is 15.6. The van der Waals surface area contributed by atoms with Gasteiger partial charge in [0.2, 0.25) is 10.0 Å². The van der Waals surface area contributed by atoms with Gasteiger partial charge >= 0.3 is 0 Å². The van der Waals surface area contributed by atoms with Crippen molar-refractivity contribution in [2.45, 2.75) is 17.9 Å². The molecule has 0 saturated carbocycles. The van der Waals surface area contributed by atoms with E-state index in [0.717, 1.165) is 5.56 Å². The van der Waals surface area contributed by atoms with Crippen molar-refractivity contribution in [2.75, 3.05) is 7.05 Å². The van der Waals surface area contributed by atoms with Gasteiger partial charge in [0, 0.05) is 23.1 Å². The molecular weight excluding hydrogens is 329 g/mol. The fourth-order valence-corrected chi connectivity index (χ4v) is 3.75. The average molecular weight is 344 g/mol. The summed E-state index contributed by atoms with van der Waals surface area (Å²) < 4.78 is 26.5. The van der Waals surface area contributed by atoms with Crippen LogP contribution in [0.5, 0.6) is 0 Å². The van der Waals surface area contributed by atoms with Gasteiger partial charge in [-0.1, -0.05) is 41.4 Å². The SMILES string of the molecule is CC(c1ccccc1Cl)N(C)S(=O)(=O)c1ccc(Cl)cc1. The monoisotopic (exact) mass is 343 g/mol. The Morgan fingerprint density at radius 1 is 1.00 bits per heavy atom. The largest absolute Gasteiger partial charge is 0.243 e. The van der Waals surface area contributed by atoms with Crippen molar-refractivity contribution in [2.24, 2.45) is 0 Å². The molecule has 0 saturated heterocycles. The fourth-order valence-electron chi connectivity index (χ4n) is 1.99. The quantitative estimate of drug-likeness (QED) is 0.826. The number of benzene rings is 2. The van der Waals surface area contributed by atoms with E-state index in [2.05, 4.69) is 0 Å². The number of hydrogen-bond acceptors (Lipinski definition) is 2. The van der Waals surface area contributed by atoms with Gasteiger partial charge in [-0.05, 0) is 42.8 Å². The van der Waals surface area contributed by atoms with Crippen LogP contribution in [-0.4, -0.2) is 19.8 Å². The summed E-state index contributed by atoms with van der Waals surface area (Å²) in [7, 11) is -2.06. The molecule has 1 unspecified atom stereocenters. The number of sulfonamides is 1. The minimum Gasteiger partial charge on any atom is -0.207 e. The van der Waals surface area contributed by atoms with E-state index < -0.39 is 10.0 Å². The normalized spacial score (nSPS) is 13.4. The predicted octanol–water partition coefficient (Wildman–Crippen LogP) is 4.38. The first-order chi connectivity index (χ1) is 9.84. The van der Waals surface area contributed by atoms with Crippen LogP contribution in [0.25, 0.3) is 0 Å². The van der Waals surface area contributed by atoms with Gasteiger partial charge in [-0.3, -0.25) is 0 Å². The molecule has 3 nitrogen and oxygen atoms in total. The molecule has 0 aliphatic carbocycles.